The maximum Gasteiger partial charge on any atom is 0.342 e. The van der Waals surface area contributed by atoms with Gasteiger partial charge in [-0.05, 0) is 6.92 Å². The third kappa shape index (κ3) is 3.64. The van der Waals surface area contributed by atoms with Gasteiger partial charge in [0.15, 0.2) is 5.03 Å². The molecule has 3 N–H and O–H groups in total. The number of esters is 1. The number of aromatic amines is 2. The van der Waals surface area contributed by atoms with E-state index in [1.54, 1.807) is 6.92 Å². The Morgan fingerprint density at radius 3 is 2.86 bits per heavy atom. The van der Waals surface area contributed by atoms with E-state index >= 15 is 0 Å². The second-order valence-electron chi connectivity index (χ2n) is 3.91. The Labute approximate surface area is 120 Å². The quantitative estimate of drug-likeness (QED) is 0.569. The number of hydrogen-bond donors (Lipinski definition) is 3. The standard InChI is InChI=1S/C10H14N6O4S/c1-2-20-10(17)7-5-12-16-9(7)21(18,19)14-4-3-8-11-6-13-15-8/h5-6,14H,2-4H2,1H3,(H,12,16)(H,11,13,15). The highest BCUT2D eigenvalue weighted by Gasteiger charge is 2.25. The van der Waals surface area contributed by atoms with Crippen LogP contribution in [0.25, 0.3) is 0 Å². The highest BCUT2D eigenvalue weighted by atomic mass is 32.2. The summed E-state index contributed by atoms with van der Waals surface area (Å²) in [7, 11) is -3.90. The molecule has 21 heavy (non-hydrogen) atoms. The summed E-state index contributed by atoms with van der Waals surface area (Å²) < 4.78 is 31.3. The van der Waals surface area contributed by atoms with Crippen molar-refractivity contribution in [2.45, 2.75) is 18.4 Å². The molecule has 0 saturated carbocycles. The smallest absolute Gasteiger partial charge is 0.342 e. The van der Waals surface area contributed by atoms with E-state index in [1.165, 1.54) is 6.33 Å². The van der Waals surface area contributed by atoms with E-state index in [4.69, 9.17) is 4.74 Å². The molecule has 0 aliphatic rings. The number of aromatic nitrogens is 5. The van der Waals surface area contributed by atoms with Gasteiger partial charge in [-0.25, -0.2) is 22.9 Å². The Kier molecular flexibility index (Phi) is 4.65. The lowest BCUT2D eigenvalue weighted by atomic mass is 10.4. The van der Waals surface area contributed by atoms with Gasteiger partial charge in [0.1, 0.15) is 17.7 Å². The van der Waals surface area contributed by atoms with Crippen molar-refractivity contribution in [1.29, 1.82) is 0 Å². The van der Waals surface area contributed by atoms with Crippen molar-refractivity contribution in [2.24, 2.45) is 0 Å². The van der Waals surface area contributed by atoms with Gasteiger partial charge in [0, 0.05) is 13.0 Å². The first-order valence-corrected chi connectivity index (χ1v) is 7.57. The van der Waals surface area contributed by atoms with Crippen LogP contribution in [-0.2, 0) is 21.2 Å². The molecule has 0 unspecified atom stereocenters. The van der Waals surface area contributed by atoms with E-state index in [1.807, 2.05) is 0 Å². The molecule has 0 spiro atoms. The fourth-order valence-corrected chi connectivity index (χ4v) is 2.67. The van der Waals surface area contributed by atoms with Crippen LogP contribution in [0.5, 0.6) is 0 Å². The number of sulfonamides is 1. The lowest BCUT2D eigenvalue weighted by Crippen LogP contribution is -2.28. The molecule has 0 fully saturated rings. The first kappa shape index (κ1) is 15.1. The molecular weight excluding hydrogens is 300 g/mol. The van der Waals surface area contributed by atoms with Gasteiger partial charge in [-0.15, -0.1) is 0 Å². The van der Waals surface area contributed by atoms with E-state index in [2.05, 4.69) is 30.1 Å². The van der Waals surface area contributed by atoms with Gasteiger partial charge in [-0.2, -0.15) is 10.2 Å². The summed E-state index contributed by atoms with van der Waals surface area (Å²) in [5, 5.41) is 11.8. The Bertz CT molecular complexity index is 693. The van der Waals surface area contributed by atoms with E-state index in [0.29, 0.717) is 12.2 Å². The minimum Gasteiger partial charge on any atom is -0.462 e. The number of H-pyrrole nitrogens is 2. The van der Waals surface area contributed by atoms with E-state index in [-0.39, 0.29) is 23.7 Å². The molecule has 0 bridgehead atoms. The highest BCUT2D eigenvalue weighted by Crippen LogP contribution is 2.12. The lowest BCUT2D eigenvalue weighted by Gasteiger charge is -2.06. The normalized spacial score (nSPS) is 11.5. The zero-order valence-electron chi connectivity index (χ0n) is 11.2. The third-order valence-corrected chi connectivity index (χ3v) is 3.92. The molecule has 0 atom stereocenters. The van der Waals surface area contributed by atoms with Crippen LogP contribution in [0.3, 0.4) is 0 Å². The largest absolute Gasteiger partial charge is 0.462 e. The second kappa shape index (κ2) is 6.45. The molecule has 0 aliphatic carbocycles. The van der Waals surface area contributed by atoms with Gasteiger partial charge in [-0.3, -0.25) is 10.2 Å². The first-order chi connectivity index (χ1) is 10.0. The van der Waals surface area contributed by atoms with Crippen LogP contribution in [0, 0.1) is 0 Å². The zero-order valence-corrected chi connectivity index (χ0v) is 12.0. The Balaban J connectivity index is 2.05. The number of nitrogens with one attached hydrogen (secondary N) is 3. The van der Waals surface area contributed by atoms with Crippen LogP contribution < -0.4 is 4.72 Å². The van der Waals surface area contributed by atoms with Crippen molar-refractivity contribution in [2.75, 3.05) is 13.2 Å². The summed E-state index contributed by atoms with van der Waals surface area (Å²) in [4.78, 5) is 15.5. The van der Waals surface area contributed by atoms with Gasteiger partial charge in [0.25, 0.3) is 10.0 Å². The fraction of sp³-hybridized carbons (Fsp3) is 0.400. The summed E-state index contributed by atoms with van der Waals surface area (Å²) in [6.07, 6.45) is 2.78. The number of carbonyl (C=O) groups excluding carboxylic acids is 1. The van der Waals surface area contributed by atoms with Crippen LogP contribution in [0.4, 0.5) is 0 Å². The van der Waals surface area contributed by atoms with Crippen LogP contribution in [-0.4, -0.2) is 52.9 Å². The van der Waals surface area contributed by atoms with Gasteiger partial charge >= 0.3 is 5.97 Å². The zero-order chi connectivity index (χ0) is 15.3. The molecule has 0 amide bonds. The summed E-state index contributed by atoms with van der Waals surface area (Å²) in [6, 6.07) is 0. The summed E-state index contributed by atoms with van der Waals surface area (Å²) >= 11 is 0. The van der Waals surface area contributed by atoms with Crippen LogP contribution in [0.15, 0.2) is 17.6 Å². The van der Waals surface area contributed by atoms with Crippen molar-refractivity contribution in [3.8, 4) is 0 Å². The van der Waals surface area contributed by atoms with Gasteiger partial charge in [0.05, 0.1) is 12.8 Å². The number of ether oxygens (including phenoxy) is 1. The third-order valence-electron chi connectivity index (χ3n) is 2.49. The van der Waals surface area contributed by atoms with Crippen molar-refractivity contribution in [3.63, 3.8) is 0 Å². The highest BCUT2D eigenvalue weighted by molar-refractivity contribution is 7.89. The molecule has 2 heterocycles. The number of rotatable bonds is 7. The van der Waals surface area contributed by atoms with Gasteiger partial charge < -0.3 is 4.74 Å². The monoisotopic (exact) mass is 314 g/mol. The molecule has 0 aliphatic heterocycles. The predicted molar refractivity (Wildman–Crippen MR) is 69.8 cm³/mol. The summed E-state index contributed by atoms with van der Waals surface area (Å²) in [6.45, 7) is 1.86. The van der Waals surface area contributed by atoms with E-state index in [9.17, 15) is 13.2 Å². The number of hydrogen-bond acceptors (Lipinski definition) is 7. The maximum absolute atomic E-state index is 12.1. The Morgan fingerprint density at radius 1 is 1.38 bits per heavy atom. The van der Waals surface area contributed by atoms with Crippen LogP contribution in [0.1, 0.15) is 23.1 Å². The average molecular weight is 314 g/mol. The van der Waals surface area contributed by atoms with Crippen molar-refractivity contribution >= 4 is 16.0 Å². The molecule has 114 valence electrons. The van der Waals surface area contributed by atoms with Gasteiger partial charge in [0.2, 0.25) is 0 Å². The fourth-order valence-electron chi connectivity index (χ4n) is 1.56. The molecule has 0 saturated heterocycles. The molecule has 2 aromatic rings. The molecule has 2 aromatic heterocycles. The minimum absolute atomic E-state index is 0.0960. The van der Waals surface area contributed by atoms with Crippen molar-refractivity contribution in [1.82, 2.24) is 30.1 Å². The number of nitrogens with zero attached hydrogens (tertiary/aromatic N) is 3. The molecule has 0 radical (unpaired) electrons. The van der Waals surface area contributed by atoms with Crippen LogP contribution in [0.2, 0.25) is 0 Å². The SMILES string of the molecule is CCOC(=O)c1cn[nH]c1S(=O)(=O)NCCc1ncn[nH]1. The van der Waals surface area contributed by atoms with Gasteiger partial charge in [-0.1, -0.05) is 0 Å². The molecule has 11 heteroatoms. The minimum atomic E-state index is -3.90. The lowest BCUT2D eigenvalue weighted by molar-refractivity contribution is 0.0522. The molecule has 10 nitrogen and oxygen atoms in total. The first-order valence-electron chi connectivity index (χ1n) is 6.09. The van der Waals surface area contributed by atoms with Crippen molar-refractivity contribution < 1.29 is 17.9 Å². The van der Waals surface area contributed by atoms with Crippen molar-refractivity contribution in [3.05, 3.63) is 23.9 Å². The Hall–Kier alpha value is -2.27. The maximum atomic E-state index is 12.1. The molecule has 0 aromatic carbocycles. The topological polar surface area (TPSA) is 143 Å². The van der Waals surface area contributed by atoms with E-state index < -0.39 is 16.0 Å². The number of carbonyl (C=O) groups is 1. The molecular formula is C10H14N6O4S. The van der Waals surface area contributed by atoms with E-state index in [0.717, 1.165) is 6.20 Å². The second-order valence-corrected chi connectivity index (χ2v) is 5.62. The predicted octanol–water partition coefficient (Wildman–Crippen LogP) is -0.774. The summed E-state index contributed by atoms with van der Waals surface area (Å²) in [5.74, 6) is -0.199. The summed E-state index contributed by atoms with van der Waals surface area (Å²) in [5.41, 5.74) is -0.135. The average Bonchev–Trinajstić information content (AvgIpc) is 3.10. The molecule has 2 rings (SSSR count). The van der Waals surface area contributed by atoms with Crippen LogP contribution >= 0.6 is 0 Å². The Morgan fingerprint density at radius 2 is 2.19 bits per heavy atom.